The summed E-state index contributed by atoms with van der Waals surface area (Å²) in [5.74, 6) is 1.55. The summed E-state index contributed by atoms with van der Waals surface area (Å²) in [6.07, 6.45) is 0.609. The molecule has 1 aromatic carbocycles. The number of methoxy groups -OCH3 is 2. The molecular formula is C16H20N2O5S. The van der Waals surface area contributed by atoms with Crippen LogP contribution in [0.4, 0.5) is 0 Å². The number of ether oxygens (including phenoxy) is 2. The van der Waals surface area contributed by atoms with Gasteiger partial charge in [-0.25, -0.2) is 8.42 Å². The van der Waals surface area contributed by atoms with Crippen LogP contribution in [0.15, 0.2) is 21.6 Å². The summed E-state index contributed by atoms with van der Waals surface area (Å²) in [7, 11) is -0.507. The molecule has 24 heavy (non-hydrogen) atoms. The Hall–Kier alpha value is -2.06. The van der Waals surface area contributed by atoms with E-state index < -0.39 is 10.0 Å². The van der Waals surface area contributed by atoms with E-state index >= 15 is 0 Å². The molecule has 0 radical (unpaired) electrons. The highest BCUT2D eigenvalue weighted by molar-refractivity contribution is 7.89. The van der Waals surface area contributed by atoms with Gasteiger partial charge in [-0.3, -0.25) is 0 Å². The maximum atomic E-state index is 12.9. The van der Waals surface area contributed by atoms with Gasteiger partial charge in [0.1, 0.15) is 10.6 Å². The van der Waals surface area contributed by atoms with E-state index in [0.29, 0.717) is 35.9 Å². The lowest BCUT2D eigenvalue weighted by Crippen LogP contribution is -2.36. The smallest absolute Gasteiger partial charge is 0.248 e. The zero-order valence-corrected chi connectivity index (χ0v) is 14.9. The summed E-state index contributed by atoms with van der Waals surface area (Å²) < 4.78 is 43.0. The molecule has 2 aromatic rings. The molecule has 0 spiro atoms. The summed E-state index contributed by atoms with van der Waals surface area (Å²) in [6, 6.07) is 3.75. The second-order valence-electron chi connectivity index (χ2n) is 5.72. The molecule has 0 unspecified atom stereocenters. The third-order valence-corrected chi connectivity index (χ3v) is 6.34. The second-order valence-corrected chi connectivity index (χ2v) is 7.59. The van der Waals surface area contributed by atoms with E-state index in [2.05, 4.69) is 5.16 Å². The normalized spacial score (nSPS) is 15.2. The molecule has 0 bridgehead atoms. The van der Waals surface area contributed by atoms with E-state index in [9.17, 15) is 8.42 Å². The van der Waals surface area contributed by atoms with Gasteiger partial charge in [0.25, 0.3) is 0 Å². The first-order valence-corrected chi connectivity index (χ1v) is 8.99. The van der Waals surface area contributed by atoms with E-state index in [1.54, 1.807) is 28.1 Å². The number of aryl methyl sites for hydroxylation is 2. The highest BCUT2D eigenvalue weighted by Crippen LogP contribution is 2.35. The van der Waals surface area contributed by atoms with Crippen molar-refractivity contribution in [3.63, 3.8) is 0 Å². The Labute approximate surface area is 141 Å². The van der Waals surface area contributed by atoms with Crippen molar-refractivity contribution in [2.24, 2.45) is 0 Å². The molecule has 0 fully saturated rings. The van der Waals surface area contributed by atoms with Crippen molar-refractivity contribution in [2.75, 3.05) is 20.8 Å². The first-order valence-electron chi connectivity index (χ1n) is 7.55. The highest BCUT2D eigenvalue weighted by atomic mass is 32.2. The molecule has 0 atom stereocenters. The molecule has 0 aliphatic carbocycles. The number of hydrogen-bond acceptors (Lipinski definition) is 6. The topological polar surface area (TPSA) is 81.9 Å². The Kier molecular flexibility index (Phi) is 4.27. The van der Waals surface area contributed by atoms with Crippen molar-refractivity contribution in [2.45, 2.75) is 31.7 Å². The van der Waals surface area contributed by atoms with Crippen molar-refractivity contribution in [1.82, 2.24) is 9.46 Å². The Bertz CT molecular complexity index is 853. The van der Waals surface area contributed by atoms with Crippen LogP contribution < -0.4 is 9.47 Å². The standard InChI is InChI=1S/C16H20N2O5S/c1-10-16(11(2)23-17-10)24(19,20)18-6-5-12-7-14(21-3)15(22-4)8-13(12)9-18/h7-8H,5-6,9H2,1-4H3. The highest BCUT2D eigenvalue weighted by Gasteiger charge is 2.33. The lowest BCUT2D eigenvalue weighted by atomic mass is 10.0. The SMILES string of the molecule is COc1cc2c(cc1OC)CN(S(=O)(=O)c1c(C)noc1C)CC2. The number of sulfonamides is 1. The molecule has 130 valence electrons. The van der Waals surface area contributed by atoms with Gasteiger partial charge in [0, 0.05) is 13.1 Å². The lowest BCUT2D eigenvalue weighted by Gasteiger charge is -2.28. The van der Waals surface area contributed by atoms with Gasteiger partial charge in [0.15, 0.2) is 17.3 Å². The van der Waals surface area contributed by atoms with Crippen LogP contribution in [0.2, 0.25) is 0 Å². The Balaban J connectivity index is 1.98. The molecule has 0 N–H and O–H groups in total. The number of aromatic nitrogens is 1. The molecule has 0 saturated heterocycles. The maximum absolute atomic E-state index is 12.9. The molecule has 1 aliphatic heterocycles. The minimum absolute atomic E-state index is 0.159. The van der Waals surface area contributed by atoms with Gasteiger partial charge < -0.3 is 14.0 Å². The lowest BCUT2D eigenvalue weighted by molar-refractivity contribution is 0.348. The predicted octanol–water partition coefficient (Wildman–Crippen LogP) is 2.06. The van der Waals surface area contributed by atoms with Crippen LogP contribution in [-0.4, -0.2) is 38.6 Å². The Morgan fingerprint density at radius 2 is 1.75 bits per heavy atom. The minimum atomic E-state index is -3.65. The molecular weight excluding hydrogens is 332 g/mol. The molecule has 8 heteroatoms. The van der Waals surface area contributed by atoms with Crippen LogP contribution in [0.3, 0.4) is 0 Å². The summed E-state index contributed by atoms with van der Waals surface area (Å²) in [6.45, 7) is 3.92. The molecule has 3 rings (SSSR count). The zero-order valence-electron chi connectivity index (χ0n) is 14.1. The van der Waals surface area contributed by atoms with Crippen LogP contribution in [0.1, 0.15) is 22.6 Å². The second kappa shape index (κ2) is 6.10. The fraction of sp³-hybridized carbons (Fsp3) is 0.438. The van der Waals surface area contributed by atoms with Gasteiger partial charge in [0.2, 0.25) is 10.0 Å². The van der Waals surface area contributed by atoms with Crippen LogP contribution in [0, 0.1) is 13.8 Å². The predicted molar refractivity (Wildman–Crippen MR) is 86.8 cm³/mol. The average Bonchev–Trinajstić information content (AvgIpc) is 2.92. The van der Waals surface area contributed by atoms with Crippen molar-refractivity contribution in [1.29, 1.82) is 0 Å². The molecule has 1 aromatic heterocycles. The zero-order chi connectivity index (χ0) is 17.5. The van der Waals surface area contributed by atoms with Gasteiger partial charge in [-0.05, 0) is 43.5 Å². The van der Waals surface area contributed by atoms with E-state index in [1.165, 1.54) is 4.31 Å². The largest absolute Gasteiger partial charge is 0.493 e. The van der Waals surface area contributed by atoms with Gasteiger partial charge in [0.05, 0.1) is 14.2 Å². The first-order chi connectivity index (χ1) is 11.4. The number of benzene rings is 1. The van der Waals surface area contributed by atoms with Crippen LogP contribution in [0.5, 0.6) is 11.5 Å². The van der Waals surface area contributed by atoms with Gasteiger partial charge in [-0.1, -0.05) is 5.16 Å². The van der Waals surface area contributed by atoms with Gasteiger partial charge in [-0.15, -0.1) is 0 Å². The number of nitrogens with zero attached hydrogens (tertiary/aromatic N) is 2. The van der Waals surface area contributed by atoms with Crippen LogP contribution >= 0.6 is 0 Å². The summed E-state index contributed by atoms with van der Waals surface area (Å²) in [4.78, 5) is 0.159. The Morgan fingerprint density at radius 1 is 1.12 bits per heavy atom. The van der Waals surface area contributed by atoms with E-state index in [1.807, 2.05) is 12.1 Å². The minimum Gasteiger partial charge on any atom is -0.493 e. The molecule has 7 nitrogen and oxygen atoms in total. The fourth-order valence-electron chi connectivity index (χ4n) is 3.03. The van der Waals surface area contributed by atoms with Crippen molar-refractivity contribution >= 4 is 10.0 Å². The number of fused-ring (bicyclic) bond motifs is 1. The molecule has 0 saturated carbocycles. The summed E-state index contributed by atoms with van der Waals surface area (Å²) in [5.41, 5.74) is 2.36. The van der Waals surface area contributed by atoms with Crippen LogP contribution in [-0.2, 0) is 23.0 Å². The summed E-state index contributed by atoms with van der Waals surface area (Å²) >= 11 is 0. The third kappa shape index (κ3) is 2.65. The average molecular weight is 352 g/mol. The summed E-state index contributed by atoms with van der Waals surface area (Å²) in [5, 5.41) is 3.75. The van der Waals surface area contributed by atoms with E-state index in [0.717, 1.165) is 11.1 Å². The van der Waals surface area contributed by atoms with E-state index in [4.69, 9.17) is 14.0 Å². The van der Waals surface area contributed by atoms with E-state index in [-0.39, 0.29) is 11.4 Å². The third-order valence-electron chi connectivity index (χ3n) is 4.25. The Morgan fingerprint density at radius 3 is 2.29 bits per heavy atom. The van der Waals surface area contributed by atoms with Gasteiger partial charge in [-0.2, -0.15) is 4.31 Å². The van der Waals surface area contributed by atoms with Crippen molar-refractivity contribution in [3.05, 3.63) is 34.7 Å². The number of hydrogen-bond donors (Lipinski definition) is 0. The maximum Gasteiger partial charge on any atom is 0.248 e. The molecule has 0 amide bonds. The molecule has 2 heterocycles. The van der Waals surface area contributed by atoms with Gasteiger partial charge >= 0.3 is 0 Å². The monoisotopic (exact) mass is 352 g/mol. The van der Waals surface area contributed by atoms with Crippen LogP contribution in [0.25, 0.3) is 0 Å². The first kappa shape index (κ1) is 16.8. The van der Waals surface area contributed by atoms with Crippen molar-refractivity contribution in [3.8, 4) is 11.5 Å². The fourth-order valence-corrected chi connectivity index (χ4v) is 4.74. The quantitative estimate of drug-likeness (QED) is 0.838. The number of rotatable bonds is 4. The van der Waals surface area contributed by atoms with Crippen molar-refractivity contribution < 1.29 is 22.4 Å². The molecule has 1 aliphatic rings.